The lowest BCUT2D eigenvalue weighted by molar-refractivity contribution is -0.144. The Labute approximate surface area is 115 Å². The van der Waals surface area contributed by atoms with Gasteiger partial charge in [0, 0.05) is 45.7 Å². The van der Waals surface area contributed by atoms with Gasteiger partial charge in [0.05, 0.1) is 13.0 Å². The third-order valence-corrected chi connectivity index (χ3v) is 3.21. The number of carbonyl (C=O) groups excluding carboxylic acids is 2. The van der Waals surface area contributed by atoms with Gasteiger partial charge in [0.1, 0.15) is 0 Å². The largest absolute Gasteiger partial charge is 0.466 e. The van der Waals surface area contributed by atoms with Gasteiger partial charge in [-0.3, -0.25) is 14.5 Å². The Bertz CT molecular complexity index is 289. The fourth-order valence-corrected chi connectivity index (χ4v) is 1.96. The van der Waals surface area contributed by atoms with E-state index in [0.717, 1.165) is 32.7 Å². The van der Waals surface area contributed by atoms with E-state index in [9.17, 15) is 9.59 Å². The van der Waals surface area contributed by atoms with Crippen molar-refractivity contribution in [2.24, 2.45) is 0 Å². The summed E-state index contributed by atoms with van der Waals surface area (Å²) in [4.78, 5) is 27.2. The molecule has 0 bridgehead atoms. The number of rotatable bonds is 7. The number of nitrogens with one attached hydrogen (secondary N) is 1. The molecule has 0 aromatic heterocycles. The molecule has 6 heteroatoms. The summed E-state index contributed by atoms with van der Waals surface area (Å²) in [6.45, 7) is 7.90. The van der Waals surface area contributed by atoms with Gasteiger partial charge in [-0.1, -0.05) is 0 Å². The summed E-state index contributed by atoms with van der Waals surface area (Å²) in [5.74, 6) is -0.390. The lowest BCUT2D eigenvalue weighted by atomic mass is 10.3. The van der Waals surface area contributed by atoms with Gasteiger partial charge in [0.25, 0.3) is 0 Å². The molecule has 0 spiro atoms. The molecule has 0 aromatic carbocycles. The Morgan fingerprint density at radius 3 is 2.47 bits per heavy atom. The number of likely N-dealkylation sites (N-methyl/N-ethyl adjacent to an activating group) is 1. The third kappa shape index (κ3) is 7.12. The number of amides is 1. The maximum absolute atomic E-state index is 11.5. The number of nitrogens with zero attached hydrogens (tertiary/aromatic N) is 2. The highest BCUT2D eigenvalue weighted by molar-refractivity contribution is 5.81. The van der Waals surface area contributed by atoms with Crippen LogP contribution in [0.3, 0.4) is 0 Å². The number of carbonyl (C=O) groups is 2. The number of ether oxygens (including phenoxy) is 1. The van der Waals surface area contributed by atoms with E-state index in [1.807, 2.05) is 0 Å². The summed E-state index contributed by atoms with van der Waals surface area (Å²) >= 11 is 0. The Balaban J connectivity index is 2.02. The molecular weight excluding hydrogens is 246 g/mol. The van der Waals surface area contributed by atoms with E-state index in [-0.39, 0.29) is 24.7 Å². The molecule has 1 amide bonds. The molecule has 0 unspecified atom stereocenters. The smallest absolute Gasteiger partial charge is 0.306 e. The van der Waals surface area contributed by atoms with E-state index in [1.54, 1.807) is 6.92 Å². The van der Waals surface area contributed by atoms with Crippen molar-refractivity contribution in [3.8, 4) is 0 Å². The summed E-state index contributed by atoms with van der Waals surface area (Å²) in [6.07, 6.45) is 0.371. The SMILES string of the molecule is CCOC(=O)CCC(=O)NCCN1CCN(C)CC1. The summed E-state index contributed by atoms with van der Waals surface area (Å²) in [5.41, 5.74) is 0. The van der Waals surface area contributed by atoms with Crippen molar-refractivity contribution in [2.45, 2.75) is 19.8 Å². The molecule has 6 nitrogen and oxygen atoms in total. The zero-order valence-corrected chi connectivity index (χ0v) is 12.0. The minimum atomic E-state index is -0.309. The van der Waals surface area contributed by atoms with Gasteiger partial charge in [-0.15, -0.1) is 0 Å². The highest BCUT2D eigenvalue weighted by Crippen LogP contribution is 1.98. The van der Waals surface area contributed by atoms with Crippen LogP contribution in [0.1, 0.15) is 19.8 Å². The molecule has 1 fully saturated rings. The van der Waals surface area contributed by atoms with E-state index in [1.165, 1.54) is 0 Å². The van der Waals surface area contributed by atoms with Crippen molar-refractivity contribution in [3.05, 3.63) is 0 Å². The first kappa shape index (κ1) is 15.9. The average molecular weight is 271 g/mol. The molecule has 0 atom stereocenters. The summed E-state index contributed by atoms with van der Waals surface area (Å²) in [7, 11) is 2.12. The van der Waals surface area contributed by atoms with Crippen LogP contribution in [0, 0.1) is 0 Å². The molecule has 0 saturated carbocycles. The van der Waals surface area contributed by atoms with Crippen molar-refractivity contribution >= 4 is 11.9 Å². The van der Waals surface area contributed by atoms with Crippen LogP contribution in [0.2, 0.25) is 0 Å². The quantitative estimate of drug-likeness (QED) is 0.644. The van der Waals surface area contributed by atoms with Gasteiger partial charge >= 0.3 is 5.97 Å². The molecule has 1 saturated heterocycles. The topological polar surface area (TPSA) is 61.9 Å². The molecule has 0 aliphatic carbocycles. The van der Waals surface area contributed by atoms with Crippen LogP contribution in [-0.2, 0) is 14.3 Å². The first-order valence-electron chi connectivity index (χ1n) is 6.95. The maximum atomic E-state index is 11.5. The zero-order valence-electron chi connectivity index (χ0n) is 12.0. The summed E-state index contributed by atoms with van der Waals surface area (Å²) in [6, 6.07) is 0. The van der Waals surface area contributed by atoms with Gasteiger partial charge in [0.15, 0.2) is 0 Å². The van der Waals surface area contributed by atoms with Crippen molar-refractivity contribution < 1.29 is 14.3 Å². The van der Waals surface area contributed by atoms with E-state index in [2.05, 4.69) is 22.2 Å². The zero-order chi connectivity index (χ0) is 14.1. The van der Waals surface area contributed by atoms with Gasteiger partial charge in [-0.2, -0.15) is 0 Å². The lowest BCUT2D eigenvalue weighted by Gasteiger charge is -2.32. The number of hydrogen-bond donors (Lipinski definition) is 1. The van der Waals surface area contributed by atoms with Crippen LogP contribution in [-0.4, -0.2) is 74.6 Å². The minimum Gasteiger partial charge on any atom is -0.466 e. The summed E-state index contributed by atoms with van der Waals surface area (Å²) in [5, 5.41) is 2.84. The molecular formula is C13H25N3O3. The van der Waals surface area contributed by atoms with Crippen molar-refractivity contribution in [1.29, 1.82) is 0 Å². The second-order valence-electron chi connectivity index (χ2n) is 4.80. The lowest BCUT2D eigenvalue weighted by Crippen LogP contribution is -2.46. The Morgan fingerprint density at radius 2 is 1.84 bits per heavy atom. The fraction of sp³-hybridized carbons (Fsp3) is 0.846. The van der Waals surface area contributed by atoms with Crippen LogP contribution in [0.25, 0.3) is 0 Å². The van der Waals surface area contributed by atoms with Gasteiger partial charge < -0.3 is 15.0 Å². The van der Waals surface area contributed by atoms with Crippen LogP contribution in [0.15, 0.2) is 0 Å². The van der Waals surface area contributed by atoms with Gasteiger partial charge in [0.2, 0.25) is 5.91 Å². The molecule has 19 heavy (non-hydrogen) atoms. The van der Waals surface area contributed by atoms with Gasteiger partial charge in [-0.05, 0) is 14.0 Å². The standard InChI is InChI=1S/C13H25N3O3/c1-3-19-13(18)5-4-12(17)14-6-7-16-10-8-15(2)9-11-16/h3-11H2,1-2H3,(H,14,17). The Morgan fingerprint density at radius 1 is 1.16 bits per heavy atom. The van der Waals surface area contributed by atoms with E-state index in [4.69, 9.17) is 4.74 Å². The fourth-order valence-electron chi connectivity index (χ4n) is 1.96. The Hall–Kier alpha value is -1.14. The molecule has 1 N–H and O–H groups in total. The molecule has 0 radical (unpaired) electrons. The average Bonchev–Trinajstić information content (AvgIpc) is 2.39. The number of esters is 1. The van der Waals surface area contributed by atoms with Crippen molar-refractivity contribution in [1.82, 2.24) is 15.1 Å². The normalized spacial score (nSPS) is 17.2. The second-order valence-corrected chi connectivity index (χ2v) is 4.80. The molecule has 1 rings (SSSR count). The Kier molecular flexibility index (Phi) is 7.43. The predicted octanol–water partition coefficient (Wildman–Crippen LogP) is -0.307. The van der Waals surface area contributed by atoms with Gasteiger partial charge in [-0.25, -0.2) is 0 Å². The van der Waals surface area contributed by atoms with Crippen LogP contribution in [0.5, 0.6) is 0 Å². The number of piperazine rings is 1. The van der Waals surface area contributed by atoms with Crippen LogP contribution in [0.4, 0.5) is 0 Å². The van der Waals surface area contributed by atoms with Crippen LogP contribution >= 0.6 is 0 Å². The molecule has 1 aliphatic rings. The highest BCUT2D eigenvalue weighted by Gasteiger charge is 2.13. The second kappa shape index (κ2) is 8.87. The first-order valence-corrected chi connectivity index (χ1v) is 6.95. The number of hydrogen-bond acceptors (Lipinski definition) is 5. The highest BCUT2D eigenvalue weighted by atomic mass is 16.5. The molecule has 110 valence electrons. The van der Waals surface area contributed by atoms with Crippen LogP contribution < -0.4 is 5.32 Å². The molecule has 1 heterocycles. The predicted molar refractivity (Wildman–Crippen MR) is 72.8 cm³/mol. The third-order valence-electron chi connectivity index (χ3n) is 3.21. The molecule has 0 aromatic rings. The van der Waals surface area contributed by atoms with E-state index >= 15 is 0 Å². The minimum absolute atomic E-state index is 0.0813. The van der Waals surface area contributed by atoms with E-state index < -0.39 is 0 Å². The van der Waals surface area contributed by atoms with Crippen molar-refractivity contribution in [2.75, 3.05) is 52.9 Å². The van der Waals surface area contributed by atoms with Crippen molar-refractivity contribution in [3.63, 3.8) is 0 Å². The molecule has 1 aliphatic heterocycles. The monoisotopic (exact) mass is 271 g/mol. The maximum Gasteiger partial charge on any atom is 0.306 e. The summed E-state index contributed by atoms with van der Waals surface area (Å²) < 4.78 is 4.77. The van der Waals surface area contributed by atoms with E-state index in [0.29, 0.717) is 13.2 Å². The first-order chi connectivity index (χ1) is 9.11.